The van der Waals surface area contributed by atoms with Crippen LogP contribution in [0.5, 0.6) is 0 Å². The molecular weight excluding hydrogens is 172 g/mol. The first-order valence-corrected chi connectivity index (χ1v) is 7.11. The lowest BCUT2D eigenvalue weighted by Gasteiger charge is -2.20. The van der Waals surface area contributed by atoms with Crippen molar-refractivity contribution < 1.29 is 9.22 Å². The molecule has 0 bridgehead atoms. The second-order valence-electron chi connectivity index (χ2n) is 3.52. The predicted molar refractivity (Wildman–Crippen MR) is 47.6 cm³/mol. The molecule has 12 heavy (non-hydrogen) atoms. The standard InChI is InChI=1S/C7H14N2O2Si/c1-12(2,3)11-6(5-8)4-7(9)10/h6H,4H2,1-3H3,(H2,9,10). The molecule has 0 saturated carbocycles. The van der Waals surface area contributed by atoms with E-state index in [0.29, 0.717) is 0 Å². The normalized spacial score (nSPS) is 13.5. The minimum Gasteiger partial charge on any atom is -0.402 e. The number of amides is 1. The minimum atomic E-state index is -1.74. The number of rotatable bonds is 4. The Hall–Kier alpha value is -0.863. The molecule has 0 fully saturated rings. The summed E-state index contributed by atoms with van der Waals surface area (Å²) in [6, 6.07) is 1.90. The van der Waals surface area contributed by atoms with Gasteiger partial charge in [-0.25, -0.2) is 0 Å². The van der Waals surface area contributed by atoms with E-state index in [1.807, 2.05) is 25.7 Å². The summed E-state index contributed by atoms with van der Waals surface area (Å²) in [5.41, 5.74) is 4.93. The van der Waals surface area contributed by atoms with Crippen LogP contribution in [-0.2, 0) is 9.22 Å². The van der Waals surface area contributed by atoms with Gasteiger partial charge in [0.1, 0.15) is 6.10 Å². The molecule has 1 amide bonds. The summed E-state index contributed by atoms with van der Waals surface area (Å²) in [4.78, 5) is 10.5. The molecule has 1 atom stereocenters. The summed E-state index contributed by atoms with van der Waals surface area (Å²) in [5, 5.41) is 8.58. The topological polar surface area (TPSA) is 76.1 Å². The number of primary amides is 1. The zero-order valence-electron chi connectivity index (χ0n) is 7.63. The summed E-state index contributed by atoms with van der Waals surface area (Å²) in [5.74, 6) is -0.500. The number of carbonyl (C=O) groups is 1. The summed E-state index contributed by atoms with van der Waals surface area (Å²) < 4.78 is 5.37. The molecule has 0 aliphatic rings. The molecule has 0 aliphatic carbocycles. The molecule has 0 aromatic heterocycles. The zero-order valence-corrected chi connectivity index (χ0v) is 8.63. The van der Waals surface area contributed by atoms with Crippen molar-refractivity contribution in [1.29, 1.82) is 5.26 Å². The number of hydrogen-bond donors (Lipinski definition) is 1. The van der Waals surface area contributed by atoms with Crippen LogP contribution in [0.3, 0.4) is 0 Å². The molecule has 0 radical (unpaired) electrons. The van der Waals surface area contributed by atoms with Crippen LogP contribution in [0.25, 0.3) is 0 Å². The second-order valence-corrected chi connectivity index (χ2v) is 7.98. The molecule has 0 heterocycles. The molecule has 1 unspecified atom stereocenters. The van der Waals surface area contributed by atoms with Crippen molar-refractivity contribution in [3.05, 3.63) is 0 Å². The Balaban J connectivity index is 4.03. The molecule has 68 valence electrons. The van der Waals surface area contributed by atoms with Crippen molar-refractivity contribution >= 4 is 14.2 Å². The predicted octanol–water partition coefficient (Wildman–Crippen LogP) is 0.605. The largest absolute Gasteiger partial charge is 0.402 e. The Morgan fingerprint density at radius 2 is 2.17 bits per heavy atom. The monoisotopic (exact) mass is 186 g/mol. The molecular formula is C7H14N2O2Si. The Labute approximate surface area is 73.4 Å². The second kappa shape index (κ2) is 4.23. The Morgan fingerprint density at radius 3 is 2.42 bits per heavy atom. The van der Waals surface area contributed by atoms with Gasteiger partial charge >= 0.3 is 0 Å². The third-order valence-electron chi connectivity index (χ3n) is 1.03. The van der Waals surface area contributed by atoms with Crippen LogP contribution in [0.15, 0.2) is 0 Å². The SMILES string of the molecule is C[Si](C)(C)OC(C#N)CC(N)=O. The summed E-state index contributed by atoms with van der Waals surface area (Å²) in [7, 11) is -1.74. The molecule has 0 saturated heterocycles. The van der Waals surface area contributed by atoms with Crippen LogP contribution in [0.4, 0.5) is 0 Å². The third-order valence-corrected chi connectivity index (χ3v) is 2.02. The van der Waals surface area contributed by atoms with Gasteiger partial charge in [0.05, 0.1) is 12.5 Å². The zero-order chi connectivity index (χ0) is 9.78. The van der Waals surface area contributed by atoms with Crippen molar-refractivity contribution in [3.8, 4) is 6.07 Å². The van der Waals surface area contributed by atoms with Gasteiger partial charge in [0.15, 0.2) is 8.32 Å². The van der Waals surface area contributed by atoms with Crippen LogP contribution >= 0.6 is 0 Å². The van der Waals surface area contributed by atoms with E-state index in [4.69, 9.17) is 15.4 Å². The van der Waals surface area contributed by atoms with Crippen molar-refractivity contribution in [2.45, 2.75) is 32.2 Å². The first kappa shape index (κ1) is 11.1. The lowest BCUT2D eigenvalue weighted by Crippen LogP contribution is -2.33. The van der Waals surface area contributed by atoms with Gasteiger partial charge in [-0.15, -0.1) is 0 Å². The van der Waals surface area contributed by atoms with E-state index >= 15 is 0 Å². The lowest BCUT2D eigenvalue weighted by atomic mass is 10.3. The van der Waals surface area contributed by atoms with Crippen molar-refractivity contribution in [3.63, 3.8) is 0 Å². The molecule has 0 aromatic rings. The summed E-state index contributed by atoms with van der Waals surface area (Å²) >= 11 is 0. The Kier molecular flexibility index (Phi) is 3.93. The van der Waals surface area contributed by atoms with Gasteiger partial charge in [-0.05, 0) is 19.6 Å². The van der Waals surface area contributed by atoms with E-state index in [1.54, 1.807) is 0 Å². The van der Waals surface area contributed by atoms with E-state index in [-0.39, 0.29) is 6.42 Å². The fourth-order valence-electron chi connectivity index (χ4n) is 0.723. The molecule has 0 aliphatic heterocycles. The molecule has 4 nitrogen and oxygen atoms in total. The highest BCUT2D eigenvalue weighted by Crippen LogP contribution is 2.08. The number of hydrogen-bond acceptors (Lipinski definition) is 3. The van der Waals surface area contributed by atoms with Crippen LogP contribution in [-0.4, -0.2) is 20.3 Å². The highest BCUT2D eigenvalue weighted by molar-refractivity contribution is 6.69. The Bertz CT molecular complexity index is 204. The van der Waals surface area contributed by atoms with Crippen molar-refractivity contribution in [2.75, 3.05) is 0 Å². The average molecular weight is 186 g/mol. The van der Waals surface area contributed by atoms with Gasteiger partial charge in [-0.1, -0.05) is 0 Å². The molecule has 0 rings (SSSR count). The van der Waals surface area contributed by atoms with Crippen LogP contribution in [0, 0.1) is 11.3 Å². The number of nitrogens with zero attached hydrogens (tertiary/aromatic N) is 1. The van der Waals surface area contributed by atoms with Gasteiger partial charge in [0.25, 0.3) is 0 Å². The highest BCUT2D eigenvalue weighted by atomic mass is 28.4. The number of carbonyl (C=O) groups excluding carboxylic acids is 1. The summed E-state index contributed by atoms with van der Waals surface area (Å²) in [6.07, 6.45) is -0.685. The Morgan fingerprint density at radius 1 is 1.67 bits per heavy atom. The smallest absolute Gasteiger partial charge is 0.221 e. The third kappa shape index (κ3) is 5.89. The summed E-state index contributed by atoms with van der Waals surface area (Å²) in [6.45, 7) is 5.87. The fraction of sp³-hybridized carbons (Fsp3) is 0.714. The first-order valence-electron chi connectivity index (χ1n) is 3.71. The van der Waals surface area contributed by atoms with Gasteiger partial charge in [-0.2, -0.15) is 5.26 Å². The van der Waals surface area contributed by atoms with E-state index < -0.39 is 20.3 Å². The van der Waals surface area contributed by atoms with E-state index in [2.05, 4.69) is 0 Å². The lowest BCUT2D eigenvalue weighted by molar-refractivity contribution is -0.119. The molecule has 0 spiro atoms. The molecule has 2 N–H and O–H groups in total. The van der Waals surface area contributed by atoms with Gasteiger partial charge < -0.3 is 10.2 Å². The maximum absolute atomic E-state index is 10.5. The van der Waals surface area contributed by atoms with Gasteiger partial charge in [-0.3, -0.25) is 4.79 Å². The quantitative estimate of drug-likeness (QED) is 0.653. The average Bonchev–Trinajstić information content (AvgIpc) is 1.82. The fourth-order valence-corrected chi connectivity index (χ4v) is 1.71. The number of nitriles is 1. The maximum atomic E-state index is 10.5. The number of nitrogens with two attached hydrogens (primary N) is 1. The van der Waals surface area contributed by atoms with Crippen LogP contribution < -0.4 is 5.73 Å². The van der Waals surface area contributed by atoms with E-state index in [1.165, 1.54) is 0 Å². The highest BCUT2D eigenvalue weighted by Gasteiger charge is 2.21. The van der Waals surface area contributed by atoms with Crippen LogP contribution in [0.1, 0.15) is 6.42 Å². The van der Waals surface area contributed by atoms with Crippen molar-refractivity contribution in [1.82, 2.24) is 0 Å². The minimum absolute atomic E-state index is 0.0131. The van der Waals surface area contributed by atoms with Crippen molar-refractivity contribution in [2.24, 2.45) is 5.73 Å². The van der Waals surface area contributed by atoms with Gasteiger partial charge in [0, 0.05) is 0 Å². The molecule has 0 aromatic carbocycles. The maximum Gasteiger partial charge on any atom is 0.221 e. The first-order chi connectivity index (χ1) is 5.35. The van der Waals surface area contributed by atoms with E-state index in [9.17, 15) is 4.79 Å². The van der Waals surface area contributed by atoms with E-state index in [0.717, 1.165) is 0 Å². The van der Waals surface area contributed by atoms with Gasteiger partial charge in [0.2, 0.25) is 5.91 Å². The van der Waals surface area contributed by atoms with Crippen LogP contribution in [0.2, 0.25) is 19.6 Å². The molecule has 5 heteroatoms.